The molecule has 11 heteroatoms. The summed E-state index contributed by atoms with van der Waals surface area (Å²) in [7, 11) is -2.12. The fourth-order valence-electron chi connectivity index (χ4n) is 4.13. The maximum Gasteiger partial charge on any atom is 0.333 e. The molecule has 1 heterocycles. The van der Waals surface area contributed by atoms with Crippen LogP contribution in [0, 0.1) is 0 Å². The number of carbonyl (C=O) groups excluding carboxylic acids is 2. The number of rotatable bonds is 13. The third-order valence-electron chi connectivity index (χ3n) is 6.17. The molecule has 1 aromatic rings. The molecule has 1 saturated heterocycles. The fourth-order valence-corrected chi connectivity index (χ4v) is 6.85. The SMILES string of the molecule is CCOC(OC)(C(=O)N1C[C@@H](OCOCC[Si](C)(C)C)[C@@H](Cc2ccccc2)NC(=O)N1)[Si](C)(C)C. The number of urea groups is 1. The molecule has 0 spiro atoms. The molecule has 2 N–H and O–H groups in total. The molecule has 1 aromatic carbocycles. The number of methoxy groups -OCH3 is 1. The van der Waals surface area contributed by atoms with E-state index in [2.05, 4.69) is 30.4 Å². The van der Waals surface area contributed by atoms with E-state index in [0.29, 0.717) is 19.6 Å². The van der Waals surface area contributed by atoms with Crippen molar-refractivity contribution in [2.24, 2.45) is 0 Å². The Hall–Kier alpha value is -1.77. The van der Waals surface area contributed by atoms with Crippen molar-refractivity contribution >= 4 is 28.1 Å². The van der Waals surface area contributed by atoms with Crippen molar-refractivity contribution in [1.29, 1.82) is 0 Å². The van der Waals surface area contributed by atoms with Gasteiger partial charge in [0, 0.05) is 28.4 Å². The molecule has 2 rings (SSSR count). The van der Waals surface area contributed by atoms with Crippen molar-refractivity contribution in [3.8, 4) is 0 Å². The van der Waals surface area contributed by atoms with E-state index in [1.807, 2.05) is 56.9 Å². The van der Waals surface area contributed by atoms with Crippen molar-refractivity contribution in [2.45, 2.75) is 76.2 Å². The number of hydrogen-bond acceptors (Lipinski definition) is 6. The Bertz CT molecular complexity index is 846. The molecule has 1 unspecified atom stereocenters. The highest BCUT2D eigenvalue weighted by atomic mass is 28.3. The quantitative estimate of drug-likeness (QED) is 0.226. The van der Waals surface area contributed by atoms with Crippen LogP contribution in [0.3, 0.4) is 0 Å². The zero-order valence-electron chi connectivity index (χ0n) is 23.2. The first-order valence-electron chi connectivity index (χ1n) is 12.6. The topological polar surface area (TPSA) is 98.4 Å². The van der Waals surface area contributed by atoms with E-state index in [1.165, 1.54) is 12.1 Å². The van der Waals surface area contributed by atoms with E-state index in [9.17, 15) is 9.59 Å². The van der Waals surface area contributed by atoms with Gasteiger partial charge in [-0.3, -0.25) is 4.79 Å². The average molecular weight is 540 g/mol. The summed E-state index contributed by atoms with van der Waals surface area (Å²) in [5.41, 5.74) is 2.30. The summed E-state index contributed by atoms with van der Waals surface area (Å²) < 4.78 is 23.6. The molecule has 204 valence electrons. The lowest BCUT2D eigenvalue weighted by molar-refractivity contribution is -0.200. The van der Waals surface area contributed by atoms with Gasteiger partial charge in [-0.15, -0.1) is 0 Å². The summed E-state index contributed by atoms with van der Waals surface area (Å²) in [5, 5.41) is 4.26. The molecule has 0 aliphatic carbocycles. The molecule has 1 aliphatic heterocycles. The maximum atomic E-state index is 13.9. The Morgan fingerprint density at radius 3 is 2.36 bits per heavy atom. The van der Waals surface area contributed by atoms with E-state index in [4.69, 9.17) is 18.9 Å². The minimum absolute atomic E-state index is 0.0766. The fraction of sp³-hybridized carbons (Fsp3) is 0.680. The van der Waals surface area contributed by atoms with E-state index in [0.717, 1.165) is 11.6 Å². The number of nitrogens with one attached hydrogen (secondary N) is 2. The Morgan fingerprint density at radius 1 is 1.14 bits per heavy atom. The van der Waals surface area contributed by atoms with Crippen LogP contribution in [0.2, 0.25) is 45.3 Å². The average Bonchev–Trinajstić information content (AvgIpc) is 2.94. The lowest BCUT2D eigenvalue weighted by Gasteiger charge is -2.42. The van der Waals surface area contributed by atoms with Gasteiger partial charge in [0.15, 0.2) is 0 Å². The Morgan fingerprint density at radius 2 is 1.81 bits per heavy atom. The second-order valence-electron chi connectivity index (χ2n) is 11.3. The first-order chi connectivity index (χ1) is 16.8. The van der Waals surface area contributed by atoms with Crippen LogP contribution in [-0.2, 0) is 30.2 Å². The predicted octanol–water partition coefficient (Wildman–Crippen LogP) is 3.61. The highest BCUT2D eigenvalue weighted by Crippen LogP contribution is 2.29. The van der Waals surface area contributed by atoms with Crippen LogP contribution in [0.1, 0.15) is 12.5 Å². The molecule has 0 radical (unpaired) electrons. The summed E-state index contributed by atoms with van der Waals surface area (Å²) in [5.74, 6) is -0.435. The summed E-state index contributed by atoms with van der Waals surface area (Å²) >= 11 is 0. The second-order valence-corrected chi connectivity index (χ2v) is 22.1. The number of amides is 3. The number of carbonyl (C=O) groups is 2. The van der Waals surface area contributed by atoms with Crippen molar-refractivity contribution < 1.29 is 28.5 Å². The van der Waals surface area contributed by atoms with E-state index < -0.39 is 39.6 Å². The highest BCUT2D eigenvalue weighted by Gasteiger charge is 2.54. The summed E-state index contributed by atoms with van der Waals surface area (Å²) in [6.45, 7) is 15.8. The maximum absolute atomic E-state index is 13.9. The van der Waals surface area contributed by atoms with Gasteiger partial charge in [-0.05, 0) is 25.0 Å². The number of nitrogens with zero attached hydrogens (tertiary/aromatic N) is 1. The largest absolute Gasteiger partial charge is 0.356 e. The van der Waals surface area contributed by atoms with Crippen molar-refractivity contribution in [3.63, 3.8) is 0 Å². The van der Waals surface area contributed by atoms with Gasteiger partial charge in [-0.1, -0.05) is 69.6 Å². The van der Waals surface area contributed by atoms with Crippen LogP contribution in [0.5, 0.6) is 0 Å². The van der Waals surface area contributed by atoms with Crippen LogP contribution in [0.25, 0.3) is 0 Å². The zero-order chi connectivity index (χ0) is 27.0. The molecule has 0 bridgehead atoms. The number of benzene rings is 1. The molecule has 3 amide bonds. The Kier molecular flexibility index (Phi) is 11.1. The second kappa shape index (κ2) is 13.2. The molecule has 36 heavy (non-hydrogen) atoms. The van der Waals surface area contributed by atoms with Gasteiger partial charge >= 0.3 is 6.03 Å². The van der Waals surface area contributed by atoms with Crippen LogP contribution >= 0.6 is 0 Å². The van der Waals surface area contributed by atoms with Gasteiger partial charge in [-0.25, -0.2) is 15.2 Å². The van der Waals surface area contributed by atoms with Gasteiger partial charge in [0.1, 0.15) is 21.0 Å². The first kappa shape index (κ1) is 30.5. The van der Waals surface area contributed by atoms with Crippen molar-refractivity contribution in [1.82, 2.24) is 15.8 Å². The summed E-state index contributed by atoms with van der Waals surface area (Å²) in [6, 6.07) is 10.1. The first-order valence-corrected chi connectivity index (χ1v) is 19.8. The molecule has 1 fully saturated rings. The molecule has 3 atom stereocenters. The third-order valence-corrected chi connectivity index (χ3v) is 10.4. The Labute approximate surface area is 218 Å². The smallest absolute Gasteiger partial charge is 0.333 e. The highest BCUT2D eigenvalue weighted by molar-refractivity contribution is 6.81. The molecular weight excluding hydrogens is 494 g/mol. The lowest BCUT2D eigenvalue weighted by atomic mass is 10.0. The van der Waals surface area contributed by atoms with E-state index in [-0.39, 0.29) is 19.4 Å². The van der Waals surface area contributed by atoms with Gasteiger partial charge in [-0.2, -0.15) is 0 Å². The predicted molar refractivity (Wildman–Crippen MR) is 146 cm³/mol. The van der Waals surface area contributed by atoms with Gasteiger partial charge in [0.25, 0.3) is 5.91 Å². The van der Waals surface area contributed by atoms with Gasteiger partial charge < -0.3 is 24.3 Å². The van der Waals surface area contributed by atoms with Crippen LogP contribution in [-0.4, -0.2) is 84.3 Å². The molecular formula is C25H45N3O6Si2. The molecule has 0 saturated carbocycles. The van der Waals surface area contributed by atoms with Crippen molar-refractivity contribution in [3.05, 3.63) is 35.9 Å². The molecule has 1 aliphatic rings. The third kappa shape index (κ3) is 8.39. The zero-order valence-corrected chi connectivity index (χ0v) is 25.2. The standard InChI is InChI=1S/C25H45N3O6Si2/c1-9-34-25(31-2,36(6,7)8)23(29)28-18-22(33-19-32-15-16-35(3,4)5)21(26-24(30)27-28)17-20-13-11-10-12-14-20/h10-14,21-22H,9,15-19H2,1-8H3,(H2,26,27,30)/t21-,22-,25?/m1/s1. The summed E-state index contributed by atoms with van der Waals surface area (Å²) in [6.07, 6.45) is 0.0305. The monoisotopic (exact) mass is 539 g/mol. The number of hydrazine groups is 1. The van der Waals surface area contributed by atoms with E-state index in [1.54, 1.807) is 0 Å². The van der Waals surface area contributed by atoms with Crippen LogP contribution in [0.4, 0.5) is 4.79 Å². The summed E-state index contributed by atoms with van der Waals surface area (Å²) in [4.78, 5) is 26.8. The van der Waals surface area contributed by atoms with E-state index >= 15 is 0 Å². The van der Waals surface area contributed by atoms with Crippen molar-refractivity contribution in [2.75, 3.05) is 33.7 Å². The van der Waals surface area contributed by atoms with Gasteiger partial charge in [0.05, 0.1) is 12.6 Å². The molecule has 9 nitrogen and oxygen atoms in total. The van der Waals surface area contributed by atoms with Crippen LogP contribution < -0.4 is 10.7 Å². The number of hydrogen-bond donors (Lipinski definition) is 2. The Balaban J connectivity index is 2.28. The minimum Gasteiger partial charge on any atom is -0.356 e. The normalized spacial score (nSPS) is 20.8. The lowest BCUT2D eigenvalue weighted by Crippen LogP contribution is -2.68. The molecule has 0 aromatic heterocycles. The minimum atomic E-state index is -2.37. The number of ether oxygens (including phenoxy) is 4. The van der Waals surface area contributed by atoms with Crippen LogP contribution in [0.15, 0.2) is 30.3 Å². The van der Waals surface area contributed by atoms with Gasteiger partial charge in [0.2, 0.25) is 5.41 Å².